The molecule has 0 spiro atoms. The van der Waals surface area contributed by atoms with Crippen LogP contribution >= 0.6 is 0 Å². The van der Waals surface area contributed by atoms with Gasteiger partial charge in [-0.05, 0) is 0 Å². The van der Waals surface area contributed by atoms with E-state index in [1.165, 1.54) is 27.8 Å². The summed E-state index contributed by atoms with van der Waals surface area (Å²) in [6, 6.07) is 23.4. The van der Waals surface area contributed by atoms with Gasteiger partial charge in [0.2, 0.25) is 0 Å². The number of hydrogen-bond donors (Lipinski definition) is 0. The Morgan fingerprint density at radius 1 is 0.383 bits per heavy atom. The van der Waals surface area contributed by atoms with Crippen LogP contribution in [0.2, 0.25) is 62.3 Å². The van der Waals surface area contributed by atoms with Gasteiger partial charge < -0.3 is 37.2 Å². The summed E-state index contributed by atoms with van der Waals surface area (Å²) in [7, 11) is -7.58. The standard InChI is InChI=1S/C39H57Si4.3ClH.Ti/c1-26-17-33(40(8,9)10)23-36(20-26)43(39-31(6)29(4)30(5)32(39)7,37-21-27(2)18-34(24-37)41(11,12)13)38-22-28(3)19-35(25-38)42(14,15)16;;;;/h17-25H,1-16H3;3*1H;/q;;;;+3/p-3. The minimum absolute atomic E-state index is 0. The summed E-state index contributed by atoms with van der Waals surface area (Å²) >= 11 is 2.65. The molecule has 0 saturated heterocycles. The molecule has 0 amide bonds. The first-order chi connectivity index (χ1) is 19.9. The molecule has 0 aliphatic heterocycles. The SMILES string of the molecule is CC1=C(C)[C]([Ti+3])([Si](c2cc(C)cc([Si](C)(C)C)c2)(c2cc(C)cc([Si](C)(C)C)c2)c2cc(C)cc([Si](C)(C)C)c2)C(C)=C1C.[Cl-].[Cl-].[Cl-]. The summed E-state index contributed by atoms with van der Waals surface area (Å²) in [4.78, 5) is 0. The second kappa shape index (κ2) is 15.1. The second-order valence-corrected chi connectivity index (χ2v) is 38.2. The minimum atomic E-state index is -2.80. The van der Waals surface area contributed by atoms with Crippen molar-refractivity contribution in [3.63, 3.8) is 0 Å². The van der Waals surface area contributed by atoms with Gasteiger partial charge in [0.25, 0.3) is 0 Å². The van der Waals surface area contributed by atoms with Gasteiger partial charge in [0.05, 0.1) is 0 Å². The van der Waals surface area contributed by atoms with Crippen LogP contribution in [0.25, 0.3) is 0 Å². The van der Waals surface area contributed by atoms with Crippen molar-refractivity contribution in [1.29, 1.82) is 0 Å². The van der Waals surface area contributed by atoms with Gasteiger partial charge in [-0.3, -0.25) is 0 Å². The van der Waals surface area contributed by atoms with Crippen LogP contribution in [0.15, 0.2) is 76.9 Å². The summed E-state index contributed by atoms with van der Waals surface area (Å²) in [6.45, 7) is 39.4. The Labute approximate surface area is 322 Å². The molecule has 0 atom stereocenters. The molecule has 47 heavy (non-hydrogen) atoms. The fourth-order valence-corrected chi connectivity index (χ4v) is 20.5. The molecule has 0 saturated carbocycles. The Kier molecular flexibility index (Phi) is 14.3. The van der Waals surface area contributed by atoms with Gasteiger partial charge >= 0.3 is 288 Å². The van der Waals surface area contributed by atoms with E-state index in [9.17, 15) is 0 Å². The molecule has 1 aliphatic rings. The molecular formula is C39H57Cl3Si4Ti. The van der Waals surface area contributed by atoms with Crippen LogP contribution in [0, 0.1) is 20.8 Å². The van der Waals surface area contributed by atoms with E-state index >= 15 is 0 Å². The van der Waals surface area contributed by atoms with Gasteiger partial charge in [0.1, 0.15) is 0 Å². The Morgan fingerprint density at radius 2 is 0.596 bits per heavy atom. The molecule has 0 radical (unpaired) electrons. The van der Waals surface area contributed by atoms with E-state index < -0.39 is 32.3 Å². The molecule has 8 heteroatoms. The molecule has 0 bridgehead atoms. The predicted molar refractivity (Wildman–Crippen MR) is 207 cm³/mol. The summed E-state index contributed by atoms with van der Waals surface area (Å²) < 4.78 is -0.0966. The Bertz CT molecular complexity index is 1520. The van der Waals surface area contributed by atoms with Crippen molar-refractivity contribution in [1.82, 2.24) is 0 Å². The topological polar surface area (TPSA) is 0 Å². The van der Waals surface area contributed by atoms with E-state index in [1.807, 2.05) is 0 Å². The van der Waals surface area contributed by atoms with Crippen molar-refractivity contribution >= 4 is 63.4 Å². The maximum atomic E-state index is 2.70. The fraction of sp³-hybridized carbons (Fsp3) is 0.436. The summed E-state index contributed by atoms with van der Waals surface area (Å²) in [6.07, 6.45) is 0. The van der Waals surface area contributed by atoms with E-state index in [1.54, 1.807) is 42.3 Å². The van der Waals surface area contributed by atoms with Gasteiger partial charge in [0.15, 0.2) is 0 Å². The minimum Gasteiger partial charge on any atom is -1.00 e. The number of aryl methyl sites for hydroxylation is 3. The molecule has 3 aromatic rings. The van der Waals surface area contributed by atoms with E-state index in [4.69, 9.17) is 0 Å². The van der Waals surface area contributed by atoms with E-state index in [0.717, 1.165) is 0 Å². The molecule has 254 valence electrons. The van der Waals surface area contributed by atoms with Crippen LogP contribution in [-0.4, -0.2) is 32.3 Å². The van der Waals surface area contributed by atoms with Crippen LogP contribution in [0.5, 0.6) is 0 Å². The smallest absolute Gasteiger partial charge is 1.00 e. The van der Waals surface area contributed by atoms with E-state index in [0.29, 0.717) is 0 Å². The maximum absolute atomic E-state index is 2.80. The largest absolute Gasteiger partial charge is 1.00 e. The maximum Gasteiger partial charge on any atom is -1.00 e. The zero-order valence-electron chi connectivity index (χ0n) is 31.8. The van der Waals surface area contributed by atoms with Gasteiger partial charge in [-0.25, -0.2) is 0 Å². The molecule has 4 rings (SSSR count). The van der Waals surface area contributed by atoms with E-state index in [-0.39, 0.29) is 40.6 Å². The third kappa shape index (κ3) is 7.92. The average molecular weight is 792 g/mol. The van der Waals surface area contributed by atoms with Crippen LogP contribution in [0.4, 0.5) is 0 Å². The monoisotopic (exact) mass is 790 g/mol. The third-order valence-electron chi connectivity index (χ3n) is 10.5. The first-order valence-electron chi connectivity index (χ1n) is 16.4. The second-order valence-electron chi connectivity index (χ2n) is 17.0. The van der Waals surface area contributed by atoms with Gasteiger partial charge in [-0.1, -0.05) is 0 Å². The van der Waals surface area contributed by atoms with E-state index in [2.05, 4.69) is 182 Å². The first kappa shape index (κ1) is 44.6. The Hall–Kier alpha value is -0.408. The normalized spacial score (nSPS) is 15.3. The van der Waals surface area contributed by atoms with Crippen molar-refractivity contribution in [2.24, 2.45) is 0 Å². The quantitative estimate of drug-likeness (QED) is 0.206. The van der Waals surface area contributed by atoms with Gasteiger partial charge in [0, 0.05) is 0 Å². The van der Waals surface area contributed by atoms with Crippen molar-refractivity contribution in [3.05, 3.63) is 93.6 Å². The number of benzene rings is 3. The van der Waals surface area contributed by atoms with Crippen LogP contribution in [-0.2, 0) is 20.4 Å². The van der Waals surface area contributed by atoms with Crippen LogP contribution in [0.1, 0.15) is 44.4 Å². The van der Waals surface area contributed by atoms with Crippen molar-refractivity contribution in [3.8, 4) is 0 Å². The molecule has 3 aromatic carbocycles. The molecule has 1 aliphatic carbocycles. The third-order valence-corrected chi connectivity index (χ3v) is 24.8. The Balaban J connectivity index is 0.00000368. The van der Waals surface area contributed by atoms with Crippen molar-refractivity contribution in [2.45, 2.75) is 111 Å². The summed E-state index contributed by atoms with van der Waals surface area (Å²) in [5.74, 6) is 0. The van der Waals surface area contributed by atoms with Gasteiger partial charge in [-0.15, -0.1) is 0 Å². The van der Waals surface area contributed by atoms with Crippen molar-refractivity contribution < 1.29 is 57.7 Å². The zero-order chi connectivity index (χ0) is 33.4. The van der Waals surface area contributed by atoms with Crippen LogP contribution < -0.4 is 68.3 Å². The number of allylic oxidation sites excluding steroid dienone is 4. The summed E-state index contributed by atoms with van der Waals surface area (Å²) in [5.41, 5.74) is 10.4. The molecule has 0 fully saturated rings. The number of halogens is 3. The summed E-state index contributed by atoms with van der Waals surface area (Å²) in [5, 5.41) is 9.53. The first-order valence-corrected chi connectivity index (χ1v) is 29.7. The molecule has 0 nitrogen and oxygen atoms in total. The fourth-order valence-electron chi connectivity index (χ4n) is 7.42. The molecule has 0 unspecified atom stereocenters. The number of rotatable bonds is 7. The molecule has 0 N–H and O–H groups in total. The predicted octanol–water partition coefficient (Wildman–Crippen LogP) is -1.34. The number of hydrogen-bond acceptors (Lipinski definition) is 0. The molecular weight excluding hydrogens is 735 g/mol. The zero-order valence-corrected chi connectivity index (χ0v) is 39.7. The average Bonchev–Trinajstić information content (AvgIpc) is 3.02. The molecule has 0 heterocycles. The van der Waals surface area contributed by atoms with Crippen molar-refractivity contribution in [2.75, 3.05) is 0 Å². The molecule has 0 aromatic heterocycles. The Morgan fingerprint density at radius 3 is 0.809 bits per heavy atom. The van der Waals surface area contributed by atoms with Crippen LogP contribution in [0.3, 0.4) is 0 Å². The van der Waals surface area contributed by atoms with Gasteiger partial charge in [-0.2, -0.15) is 0 Å².